The lowest BCUT2D eigenvalue weighted by molar-refractivity contribution is -0.140. The highest BCUT2D eigenvalue weighted by molar-refractivity contribution is 5.92. The molecule has 4 rings (SSSR count). The monoisotopic (exact) mass is 372 g/mol. The van der Waals surface area contributed by atoms with Crippen LogP contribution in [0.1, 0.15) is 29.7 Å². The van der Waals surface area contributed by atoms with E-state index in [2.05, 4.69) is 26.9 Å². The van der Waals surface area contributed by atoms with Crippen LogP contribution in [0.25, 0.3) is 0 Å². The van der Waals surface area contributed by atoms with Crippen LogP contribution in [0.3, 0.4) is 0 Å². The molecule has 2 aromatic carbocycles. The maximum absolute atomic E-state index is 13.0. The van der Waals surface area contributed by atoms with E-state index in [0.29, 0.717) is 22.8 Å². The normalized spacial score (nSPS) is 15.4. The van der Waals surface area contributed by atoms with Crippen LogP contribution in [0.2, 0.25) is 0 Å². The summed E-state index contributed by atoms with van der Waals surface area (Å²) in [6.07, 6.45) is 0. The average molecular weight is 372 g/mol. The summed E-state index contributed by atoms with van der Waals surface area (Å²) in [6, 6.07) is 18.0. The highest BCUT2D eigenvalue weighted by Crippen LogP contribution is 2.35. The molecule has 1 aliphatic heterocycles. The van der Waals surface area contributed by atoms with Crippen molar-refractivity contribution < 1.29 is 9.53 Å². The number of tetrazole rings is 1. The number of hydrogen-bond acceptors (Lipinski definition) is 7. The van der Waals surface area contributed by atoms with Crippen LogP contribution in [0.4, 0.5) is 5.95 Å². The van der Waals surface area contributed by atoms with Crippen LogP contribution in [-0.4, -0.2) is 26.2 Å². The van der Waals surface area contributed by atoms with E-state index in [1.807, 2.05) is 30.3 Å². The van der Waals surface area contributed by atoms with E-state index in [0.717, 1.165) is 11.1 Å². The van der Waals surface area contributed by atoms with Crippen molar-refractivity contribution in [3.63, 3.8) is 0 Å². The van der Waals surface area contributed by atoms with Gasteiger partial charge in [0.25, 0.3) is 0 Å². The molecule has 1 atom stereocenters. The minimum atomic E-state index is -0.553. The number of ether oxygens (including phenoxy) is 1. The molecule has 28 heavy (non-hydrogen) atoms. The molecule has 0 radical (unpaired) electrons. The van der Waals surface area contributed by atoms with Gasteiger partial charge in [0.2, 0.25) is 5.95 Å². The first-order chi connectivity index (χ1) is 13.7. The summed E-state index contributed by atoms with van der Waals surface area (Å²) in [5, 5.41) is 23.8. The number of fused-ring (bicyclic) bond motifs is 1. The first kappa shape index (κ1) is 17.4. The minimum Gasteiger partial charge on any atom is -0.457 e. The predicted molar refractivity (Wildman–Crippen MR) is 99.7 cm³/mol. The van der Waals surface area contributed by atoms with Gasteiger partial charge in [-0.25, -0.2) is 4.79 Å². The fourth-order valence-corrected chi connectivity index (χ4v) is 3.13. The summed E-state index contributed by atoms with van der Waals surface area (Å²) in [6.45, 7) is 1.95. The third-order valence-corrected chi connectivity index (χ3v) is 4.50. The Balaban J connectivity index is 1.68. The Morgan fingerprint density at radius 1 is 1.21 bits per heavy atom. The molecular weight excluding hydrogens is 356 g/mol. The molecule has 0 amide bonds. The lowest BCUT2D eigenvalue weighted by Gasteiger charge is -2.27. The topological polar surface area (TPSA) is 106 Å². The van der Waals surface area contributed by atoms with E-state index >= 15 is 0 Å². The molecule has 1 aliphatic rings. The number of carbonyl (C=O) groups is 1. The molecule has 8 heteroatoms. The largest absolute Gasteiger partial charge is 0.457 e. The summed E-state index contributed by atoms with van der Waals surface area (Å²) >= 11 is 0. The summed E-state index contributed by atoms with van der Waals surface area (Å²) < 4.78 is 7.09. The van der Waals surface area contributed by atoms with Gasteiger partial charge in [-0.1, -0.05) is 47.6 Å². The predicted octanol–water partition coefficient (Wildman–Crippen LogP) is 2.58. The molecule has 1 unspecified atom stereocenters. The third kappa shape index (κ3) is 3.21. The van der Waals surface area contributed by atoms with Gasteiger partial charge < -0.3 is 10.1 Å². The number of anilines is 1. The summed E-state index contributed by atoms with van der Waals surface area (Å²) in [5.41, 5.74) is 3.25. The van der Waals surface area contributed by atoms with Gasteiger partial charge in [0.05, 0.1) is 17.2 Å². The van der Waals surface area contributed by atoms with Crippen molar-refractivity contribution >= 4 is 11.9 Å². The summed E-state index contributed by atoms with van der Waals surface area (Å²) in [4.78, 5) is 13.0. The highest BCUT2D eigenvalue weighted by atomic mass is 16.5. The second kappa shape index (κ2) is 7.32. The van der Waals surface area contributed by atoms with E-state index in [1.165, 1.54) is 4.68 Å². The van der Waals surface area contributed by atoms with Crippen molar-refractivity contribution in [2.45, 2.75) is 19.6 Å². The van der Waals surface area contributed by atoms with Crippen molar-refractivity contribution in [1.29, 1.82) is 5.26 Å². The van der Waals surface area contributed by atoms with Crippen molar-refractivity contribution in [1.82, 2.24) is 20.2 Å². The molecule has 0 fully saturated rings. The minimum absolute atomic E-state index is 0.166. The standard InChI is InChI=1S/C20H16N6O2/c1-13-17(19(27)28-12-15-5-3-2-4-6-15)18(26-20(22-13)23-24-25-26)16-9-7-14(11-21)8-10-16/h2-10,18H,12H2,1H3,(H,22,23,25). The molecule has 0 saturated carbocycles. The number of hydrogen-bond donors (Lipinski definition) is 1. The zero-order chi connectivity index (χ0) is 19.5. The maximum atomic E-state index is 13.0. The van der Waals surface area contributed by atoms with Crippen LogP contribution < -0.4 is 5.32 Å². The average Bonchev–Trinajstić information content (AvgIpc) is 3.20. The molecule has 0 saturated heterocycles. The van der Waals surface area contributed by atoms with Crippen LogP contribution in [-0.2, 0) is 16.1 Å². The number of carbonyl (C=O) groups excluding carboxylic acids is 1. The molecule has 0 bridgehead atoms. The number of aromatic nitrogens is 4. The van der Waals surface area contributed by atoms with Gasteiger partial charge in [0.1, 0.15) is 12.6 Å². The molecule has 0 aliphatic carbocycles. The third-order valence-electron chi connectivity index (χ3n) is 4.50. The van der Waals surface area contributed by atoms with Crippen LogP contribution in [0.5, 0.6) is 0 Å². The second-order valence-electron chi connectivity index (χ2n) is 6.31. The van der Waals surface area contributed by atoms with Gasteiger partial charge in [0.15, 0.2) is 0 Å². The first-order valence-electron chi connectivity index (χ1n) is 8.64. The van der Waals surface area contributed by atoms with Gasteiger partial charge in [-0.2, -0.15) is 9.94 Å². The molecule has 8 nitrogen and oxygen atoms in total. The van der Waals surface area contributed by atoms with Gasteiger partial charge in [-0.05, 0) is 40.6 Å². The second-order valence-corrected chi connectivity index (χ2v) is 6.31. The van der Waals surface area contributed by atoms with Crippen molar-refractivity contribution in [2.75, 3.05) is 5.32 Å². The van der Waals surface area contributed by atoms with Gasteiger partial charge in [-0.15, -0.1) is 0 Å². The number of benzene rings is 2. The van der Waals surface area contributed by atoms with E-state index in [4.69, 9.17) is 10.00 Å². The van der Waals surface area contributed by atoms with Gasteiger partial charge in [0, 0.05) is 5.70 Å². The Morgan fingerprint density at radius 3 is 2.68 bits per heavy atom. The molecule has 0 spiro atoms. The van der Waals surface area contributed by atoms with E-state index in [9.17, 15) is 4.79 Å². The summed E-state index contributed by atoms with van der Waals surface area (Å²) in [7, 11) is 0. The lowest BCUT2D eigenvalue weighted by Crippen LogP contribution is -2.29. The highest BCUT2D eigenvalue weighted by Gasteiger charge is 2.34. The number of nitrogens with one attached hydrogen (secondary N) is 1. The Labute approximate surface area is 161 Å². The molecule has 1 aromatic heterocycles. The number of rotatable bonds is 4. The Kier molecular flexibility index (Phi) is 4.56. The molecule has 3 aromatic rings. The number of allylic oxidation sites excluding steroid dienone is 1. The molecule has 2 heterocycles. The van der Waals surface area contributed by atoms with E-state index < -0.39 is 12.0 Å². The first-order valence-corrected chi connectivity index (χ1v) is 8.64. The van der Waals surface area contributed by atoms with Crippen LogP contribution in [0, 0.1) is 11.3 Å². The fraction of sp³-hybridized carbons (Fsp3) is 0.150. The molecule has 138 valence electrons. The number of nitrogens with zero attached hydrogens (tertiary/aromatic N) is 5. The van der Waals surface area contributed by atoms with Crippen molar-refractivity contribution in [3.05, 3.63) is 82.6 Å². The van der Waals surface area contributed by atoms with E-state index in [1.54, 1.807) is 31.2 Å². The Bertz CT molecular complexity index is 1080. The zero-order valence-electron chi connectivity index (χ0n) is 15.0. The molecular formula is C20H16N6O2. The smallest absolute Gasteiger partial charge is 0.338 e. The molecule has 1 N–H and O–H groups in total. The van der Waals surface area contributed by atoms with Crippen molar-refractivity contribution in [3.8, 4) is 6.07 Å². The van der Waals surface area contributed by atoms with Gasteiger partial charge in [-0.3, -0.25) is 0 Å². The lowest BCUT2D eigenvalue weighted by atomic mass is 9.95. The fourth-order valence-electron chi connectivity index (χ4n) is 3.13. The Morgan fingerprint density at radius 2 is 1.96 bits per heavy atom. The van der Waals surface area contributed by atoms with E-state index in [-0.39, 0.29) is 6.61 Å². The van der Waals surface area contributed by atoms with Crippen LogP contribution in [0.15, 0.2) is 65.9 Å². The van der Waals surface area contributed by atoms with Crippen LogP contribution >= 0.6 is 0 Å². The van der Waals surface area contributed by atoms with Gasteiger partial charge >= 0.3 is 5.97 Å². The number of esters is 1. The summed E-state index contributed by atoms with van der Waals surface area (Å²) in [5.74, 6) is -0.0177. The quantitative estimate of drug-likeness (QED) is 0.702. The number of nitriles is 1. The Hall–Kier alpha value is -3.99. The maximum Gasteiger partial charge on any atom is 0.338 e. The zero-order valence-corrected chi connectivity index (χ0v) is 15.0. The SMILES string of the molecule is CC1=C(C(=O)OCc2ccccc2)C(c2ccc(C#N)cc2)n2nnnc2N1. The van der Waals surface area contributed by atoms with Crippen molar-refractivity contribution in [2.24, 2.45) is 0 Å².